The van der Waals surface area contributed by atoms with Gasteiger partial charge < -0.3 is 4.79 Å². The second kappa shape index (κ2) is 9.97. The largest absolute Gasteiger partial charge is 0.300 e. The summed E-state index contributed by atoms with van der Waals surface area (Å²) in [6.45, 7) is 14.9. The molecule has 1 heteroatoms. The maximum absolute atomic E-state index is 10.8. The van der Waals surface area contributed by atoms with Gasteiger partial charge in [-0.2, -0.15) is 0 Å². The van der Waals surface area contributed by atoms with Crippen LogP contribution in [-0.2, 0) is 4.79 Å². The molecule has 0 aliphatic carbocycles. The van der Waals surface area contributed by atoms with Gasteiger partial charge in [0.2, 0.25) is 0 Å². The maximum atomic E-state index is 10.8. The van der Waals surface area contributed by atoms with Gasteiger partial charge in [0.15, 0.2) is 0 Å². The van der Waals surface area contributed by atoms with Gasteiger partial charge in [-0.05, 0) is 18.4 Å². The van der Waals surface area contributed by atoms with Crippen molar-refractivity contribution in [1.29, 1.82) is 0 Å². The highest BCUT2D eigenvalue weighted by Gasteiger charge is 2.07. The molecule has 0 aliphatic heterocycles. The first-order chi connectivity index (χ1) is 6.61. The van der Waals surface area contributed by atoms with Crippen molar-refractivity contribution in [3.63, 3.8) is 0 Å². The van der Waals surface area contributed by atoms with Crippen LogP contribution in [-0.4, -0.2) is 5.78 Å². The van der Waals surface area contributed by atoms with Crippen LogP contribution >= 0.6 is 0 Å². The number of carbonyl (C=O) groups is 1. The third-order valence-electron chi connectivity index (χ3n) is 1.71. The summed E-state index contributed by atoms with van der Waals surface area (Å²) in [5.41, 5.74) is 1.07. The zero-order chi connectivity index (χ0) is 11.6. The zero-order valence-electron chi connectivity index (χ0n) is 9.84. The Balaban J connectivity index is 0. The van der Waals surface area contributed by atoms with Crippen LogP contribution in [0.3, 0.4) is 0 Å². The predicted molar refractivity (Wildman–Crippen MR) is 64.3 cm³/mol. The number of allylic oxidation sites excluding steroid dienone is 4. The number of carbonyl (C=O) groups excluding carboxylic acids is 1. The standard InChI is InChI=1S/C11H16O.C2H6/c1-5-7-11(6-2)9(3)8-10(4)12;1-2/h5-7,9H,1-2,8H2,3-4H3;1-2H3/b11-7+;/t9-;/m1./s1. The van der Waals surface area contributed by atoms with Gasteiger partial charge in [0.05, 0.1) is 0 Å². The number of Topliss-reactive ketones (excluding diaryl/α,β-unsaturated/α-hetero) is 1. The molecule has 0 aromatic rings. The molecule has 0 heterocycles. The molecule has 0 spiro atoms. The number of hydrogen-bond donors (Lipinski definition) is 0. The quantitative estimate of drug-likeness (QED) is 0.606. The lowest BCUT2D eigenvalue weighted by Gasteiger charge is -2.09. The van der Waals surface area contributed by atoms with Crippen molar-refractivity contribution in [3.05, 3.63) is 37.0 Å². The normalized spacial score (nSPS) is 12.1. The van der Waals surface area contributed by atoms with Crippen molar-refractivity contribution in [2.24, 2.45) is 5.92 Å². The average molecular weight is 194 g/mol. The fraction of sp³-hybridized carbons (Fsp3) is 0.462. The molecule has 1 atom stereocenters. The molecule has 1 nitrogen and oxygen atoms in total. The highest BCUT2D eigenvalue weighted by Crippen LogP contribution is 2.15. The summed E-state index contributed by atoms with van der Waals surface area (Å²) in [5.74, 6) is 0.456. The van der Waals surface area contributed by atoms with Crippen LogP contribution in [0.2, 0.25) is 0 Å². The Kier molecular flexibility index (Phi) is 10.9. The Hall–Kier alpha value is -1.11. The van der Waals surface area contributed by atoms with E-state index in [-0.39, 0.29) is 11.7 Å². The highest BCUT2D eigenvalue weighted by molar-refractivity contribution is 5.76. The van der Waals surface area contributed by atoms with Crippen LogP contribution < -0.4 is 0 Å². The van der Waals surface area contributed by atoms with E-state index in [1.807, 2.05) is 26.8 Å². The third-order valence-corrected chi connectivity index (χ3v) is 1.71. The first kappa shape index (κ1) is 15.4. The smallest absolute Gasteiger partial charge is 0.130 e. The summed E-state index contributed by atoms with van der Waals surface area (Å²) in [6.07, 6.45) is 5.95. The van der Waals surface area contributed by atoms with Crippen LogP contribution in [0, 0.1) is 5.92 Å². The van der Waals surface area contributed by atoms with Crippen molar-refractivity contribution in [2.75, 3.05) is 0 Å². The molecule has 0 unspecified atom stereocenters. The molecule has 0 aromatic carbocycles. The van der Waals surface area contributed by atoms with E-state index in [2.05, 4.69) is 13.2 Å². The molecule has 0 fully saturated rings. The third kappa shape index (κ3) is 7.53. The lowest BCUT2D eigenvalue weighted by Crippen LogP contribution is -2.03. The Morgan fingerprint density at radius 3 is 2.14 bits per heavy atom. The van der Waals surface area contributed by atoms with Gasteiger partial charge in [-0.1, -0.05) is 52.2 Å². The molecule has 80 valence electrons. The molecule has 0 aromatic heterocycles. The van der Waals surface area contributed by atoms with E-state index in [1.165, 1.54) is 0 Å². The molecule has 0 N–H and O–H groups in total. The molecule has 14 heavy (non-hydrogen) atoms. The van der Waals surface area contributed by atoms with E-state index in [0.29, 0.717) is 6.42 Å². The molecule has 0 bridgehead atoms. The van der Waals surface area contributed by atoms with E-state index in [1.54, 1.807) is 19.1 Å². The van der Waals surface area contributed by atoms with Gasteiger partial charge in [-0.3, -0.25) is 0 Å². The van der Waals surface area contributed by atoms with Gasteiger partial charge in [-0.15, -0.1) is 0 Å². The molecule has 0 amide bonds. The molecular weight excluding hydrogens is 172 g/mol. The van der Waals surface area contributed by atoms with E-state index >= 15 is 0 Å². The minimum absolute atomic E-state index is 0.208. The summed E-state index contributed by atoms with van der Waals surface area (Å²) in [5, 5.41) is 0. The number of ketones is 1. The average Bonchev–Trinajstić information content (AvgIpc) is 2.16. The molecular formula is C13H22O. The Morgan fingerprint density at radius 1 is 1.36 bits per heavy atom. The zero-order valence-corrected chi connectivity index (χ0v) is 9.84. The van der Waals surface area contributed by atoms with Crippen LogP contribution in [0.1, 0.15) is 34.1 Å². The van der Waals surface area contributed by atoms with Gasteiger partial charge in [0.25, 0.3) is 0 Å². The summed E-state index contributed by atoms with van der Waals surface area (Å²) in [6, 6.07) is 0. The SMILES string of the molecule is C=C/C=C(\C=C)[C@H](C)CC(C)=O.CC. The minimum Gasteiger partial charge on any atom is -0.300 e. The van der Waals surface area contributed by atoms with Crippen LogP contribution in [0.15, 0.2) is 37.0 Å². The first-order valence-electron chi connectivity index (χ1n) is 5.06. The van der Waals surface area contributed by atoms with Crippen LogP contribution in [0.25, 0.3) is 0 Å². The molecule has 0 saturated heterocycles. The predicted octanol–water partition coefficient (Wildman–Crippen LogP) is 3.93. The van der Waals surface area contributed by atoms with Crippen molar-refractivity contribution < 1.29 is 4.79 Å². The Labute approximate surface area is 88.2 Å². The summed E-state index contributed by atoms with van der Waals surface area (Å²) < 4.78 is 0. The summed E-state index contributed by atoms with van der Waals surface area (Å²) in [7, 11) is 0. The Morgan fingerprint density at radius 2 is 1.86 bits per heavy atom. The monoisotopic (exact) mass is 194 g/mol. The van der Waals surface area contributed by atoms with Crippen LogP contribution in [0.4, 0.5) is 0 Å². The van der Waals surface area contributed by atoms with Crippen molar-refractivity contribution in [3.8, 4) is 0 Å². The highest BCUT2D eigenvalue weighted by atomic mass is 16.1. The number of rotatable bonds is 5. The second-order valence-corrected chi connectivity index (χ2v) is 2.91. The van der Waals surface area contributed by atoms with E-state index in [0.717, 1.165) is 5.57 Å². The van der Waals surface area contributed by atoms with Gasteiger partial charge in [0.1, 0.15) is 5.78 Å². The number of hydrogen-bond acceptors (Lipinski definition) is 1. The Bertz CT molecular complexity index is 211. The van der Waals surface area contributed by atoms with E-state index in [9.17, 15) is 4.79 Å². The fourth-order valence-electron chi connectivity index (χ4n) is 1.12. The van der Waals surface area contributed by atoms with Crippen molar-refractivity contribution in [2.45, 2.75) is 34.1 Å². The fourth-order valence-corrected chi connectivity index (χ4v) is 1.12. The molecule has 0 saturated carbocycles. The van der Waals surface area contributed by atoms with E-state index in [4.69, 9.17) is 0 Å². The van der Waals surface area contributed by atoms with Gasteiger partial charge in [0, 0.05) is 6.42 Å². The van der Waals surface area contributed by atoms with Crippen LogP contribution in [0.5, 0.6) is 0 Å². The summed E-state index contributed by atoms with van der Waals surface area (Å²) >= 11 is 0. The lowest BCUT2D eigenvalue weighted by molar-refractivity contribution is -0.117. The molecule has 0 aliphatic rings. The molecule has 0 radical (unpaired) electrons. The van der Waals surface area contributed by atoms with Crippen molar-refractivity contribution >= 4 is 5.78 Å². The van der Waals surface area contributed by atoms with Gasteiger partial charge >= 0.3 is 0 Å². The summed E-state index contributed by atoms with van der Waals surface area (Å²) in [4.78, 5) is 10.8. The topological polar surface area (TPSA) is 17.1 Å². The maximum Gasteiger partial charge on any atom is 0.130 e. The van der Waals surface area contributed by atoms with Crippen molar-refractivity contribution in [1.82, 2.24) is 0 Å². The second-order valence-electron chi connectivity index (χ2n) is 2.91. The first-order valence-corrected chi connectivity index (χ1v) is 5.06. The van der Waals surface area contributed by atoms with Gasteiger partial charge in [-0.25, -0.2) is 0 Å². The lowest BCUT2D eigenvalue weighted by atomic mass is 9.95. The minimum atomic E-state index is 0.208. The van der Waals surface area contributed by atoms with E-state index < -0.39 is 0 Å². The molecule has 0 rings (SSSR count).